The van der Waals surface area contributed by atoms with Gasteiger partial charge in [0.1, 0.15) is 5.75 Å². The lowest BCUT2D eigenvalue weighted by Crippen LogP contribution is -2.17. The molecule has 0 aromatic heterocycles. The third-order valence-electron chi connectivity index (χ3n) is 2.11. The maximum absolute atomic E-state index is 5.40. The molecule has 0 aliphatic carbocycles. The molecule has 0 atom stereocenters. The van der Waals surface area contributed by atoms with E-state index in [0.29, 0.717) is 0 Å². The minimum Gasteiger partial charge on any atom is -0.496 e. The lowest BCUT2D eigenvalue weighted by atomic mass is 10.1. The van der Waals surface area contributed by atoms with Gasteiger partial charge in [-0.05, 0) is 24.6 Å². The van der Waals surface area contributed by atoms with E-state index < -0.39 is 0 Å². The summed E-state index contributed by atoms with van der Waals surface area (Å²) in [5.74, 6) is 0.951. The Morgan fingerprint density at radius 3 is 2.93 bits per heavy atom. The maximum atomic E-state index is 5.40. The average molecular weight is 226 g/mol. The van der Waals surface area contributed by atoms with Crippen LogP contribution in [0.1, 0.15) is 5.56 Å². The first-order chi connectivity index (χ1) is 7.38. The lowest BCUT2D eigenvalue weighted by Gasteiger charge is -2.07. The van der Waals surface area contributed by atoms with Crippen LogP contribution in [0.2, 0.25) is 0 Å². The standard InChI is InChI=1S/C12H16ClNO/c1-15-12-6-3-2-5-11(12)7-10-14-9-4-8-13/h2-6,8,14H,7,9-10H2,1H3/b8-4+. The summed E-state index contributed by atoms with van der Waals surface area (Å²) in [5.41, 5.74) is 2.75. The molecule has 1 aromatic rings. The summed E-state index contributed by atoms with van der Waals surface area (Å²) in [5, 5.41) is 3.26. The molecule has 0 aliphatic heterocycles. The highest BCUT2D eigenvalue weighted by molar-refractivity contribution is 6.25. The Morgan fingerprint density at radius 2 is 2.20 bits per heavy atom. The van der Waals surface area contributed by atoms with Gasteiger partial charge in [0.25, 0.3) is 0 Å². The van der Waals surface area contributed by atoms with Crippen LogP contribution in [0.3, 0.4) is 0 Å². The van der Waals surface area contributed by atoms with Gasteiger partial charge in [-0.1, -0.05) is 35.9 Å². The van der Waals surface area contributed by atoms with Crippen LogP contribution in [0.4, 0.5) is 0 Å². The SMILES string of the molecule is COc1ccccc1CCNC/C=C/Cl. The number of hydrogen-bond donors (Lipinski definition) is 1. The van der Waals surface area contributed by atoms with Gasteiger partial charge >= 0.3 is 0 Å². The zero-order valence-corrected chi connectivity index (χ0v) is 9.63. The van der Waals surface area contributed by atoms with Crippen LogP contribution in [0.15, 0.2) is 35.9 Å². The third kappa shape index (κ3) is 4.36. The van der Waals surface area contributed by atoms with Crippen molar-refractivity contribution in [2.45, 2.75) is 6.42 Å². The number of methoxy groups -OCH3 is 1. The van der Waals surface area contributed by atoms with Crippen molar-refractivity contribution in [2.75, 3.05) is 20.2 Å². The van der Waals surface area contributed by atoms with Crippen molar-refractivity contribution in [3.8, 4) is 5.75 Å². The zero-order chi connectivity index (χ0) is 10.9. The van der Waals surface area contributed by atoms with Crippen molar-refractivity contribution in [3.05, 3.63) is 41.4 Å². The first-order valence-corrected chi connectivity index (χ1v) is 5.40. The molecule has 15 heavy (non-hydrogen) atoms. The predicted molar refractivity (Wildman–Crippen MR) is 64.6 cm³/mol. The monoisotopic (exact) mass is 225 g/mol. The molecule has 0 bridgehead atoms. The fraction of sp³-hybridized carbons (Fsp3) is 0.333. The fourth-order valence-electron chi connectivity index (χ4n) is 1.36. The van der Waals surface area contributed by atoms with Crippen LogP contribution >= 0.6 is 11.6 Å². The maximum Gasteiger partial charge on any atom is 0.122 e. The molecule has 0 spiro atoms. The van der Waals surface area contributed by atoms with Gasteiger partial charge in [-0.2, -0.15) is 0 Å². The highest BCUT2D eigenvalue weighted by Gasteiger charge is 1.99. The molecule has 0 saturated heterocycles. The predicted octanol–water partition coefficient (Wildman–Crippen LogP) is 2.58. The van der Waals surface area contributed by atoms with Gasteiger partial charge in [0, 0.05) is 12.1 Å². The minimum atomic E-state index is 0.804. The zero-order valence-electron chi connectivity index (χ0n) is 8.87. The van der Waals surface area contributed by atoms with Gasteiger partial charge in [-0.15, -0.1) is 0 Å². The second-order valence-electron chi connectivity index (χ2n) is 3.13. The second-order valence-corrected chi connectivity index (χ2v) is 3.38. The molecule has 3 heteroatoms. The van der Waals surface area contributed by atoms with Gasteiger partial charge in [-0.25, -0.2) is 0 Å². The molecule has 0 heterocycles. The first-order valence-electron chi connectivity index (χ1n) is 4.96. The molecule has 0 unspecified atom stereocenters. The Hall–Kier alpha value is -0.990. The molecule has 1 aromatic carbocycles. The van der Waals surface area contributed by atoms with Crippen LogP contribution in [0.25, 0.3) is 0 Å². The largest absolute Gasteiger partial charge is 0.496 e. The summed E-state index contributed by atoms with van der Waals surface area (Å²) in [6.07, 6.45) is 2.84. The summed E-state index contributed by atoms with van der Waals surface area (Å²) >= 11 is 5.40. The number of nitrogens with one attached hydrogen (secondary N) is 1. The summed E-state index contributed by atoms with van der Waals surface area (Å²) in [6, 6.07) is 8.06. The molecule has 0 radical (unpaired) electrons. The number of rotatable bonds is 6. The molecule has 0 aliphatic rings. The van der Waals surface area contributed by atoms with E-state index in [1.807, 2.05) is 24.3 Å². The summed E-state index contributed by atoms with van der Waals surface area (Å²) in [7, 11) is 1.70. The van der Waals surface area contributed by atoms with E-state index in [1.54, 1.807) is 7.11 Å². The molecule has 1 rings (SSSR count). The number of ether oxygens (including phenoxy) is 1. The van der Waals surface area contributed by atoms with E-state index in [4.69, 9.17) is 16.3 Å². The number of benzene rings is 1. The second kappa shape index (κ2) is 7.32. The quantitative estimate of drug-likeness (QED) is 0.752. The van der Waals surface area contributed by atoms with E-state index >= 15 is 0 Å². The molecule has 82 valence electrons. The molecule has 2 nitrogen and oxygen atoms in total. The average Bonchev–Trinajstić information content (AvgIpc) is 2.29. The molecule has 1 N–H and O–H groups in total. The smallest absolute Gasteiger partial charge is 0.122 e. The topological polar surface area (TPSA) is 21.3 Å². The number of para-hydroxylation sites is 1. The summed E-state index contributed by atoms with van der Waals surface area (Å²) < 4.78 is 5.26. The van der Waals surface area contributed by atoms with E-state index in [0.717, 1.165) is 25.3 Å². The van der Waals surface area contributed by atoms with Gasteiger partial charge in [0.15, 0.2) is 0 Å². The van der Waals surface area contributed by atoms with Gasteiger partial charge in [-0.3, -0.25) is 0 Å². The minimum absolute atomic E-state index is 0.804. The lowest BCUT2D eigenvalue weighted by molar-refractivity contribution is 0.409. The van der Waals surface area contributed by atoms with Crippen molar-refractivity contribution in [1.29, 1.82) is 0 Å². The van der Waals surface area contributed by atoms with Gasteiger partial charge in [0.2, 0.25) is 0 Å². The van der Waals surface area contributed by atoms with E-state index in [-0.39, 0.29) is 0 Å². The Kier molecular flexibility index (Phi) is 5.90. The Balaban J connectivity index is 2.36. The number of hydrogen-bond acceptors (Lipinski definition) is 2. The molecular weight excluding hydrogens is 210 g/mol. The van der Waals surface area contributed by atoms with E-state index in [9.17, 15) is 0 Å². The molecule has 0 fully saturated rings. The number of halogens is 1. The van der Waals surface area contributed by atoms with Crippen molar-refractivity contribution in [1.82, 2.24) is 5.32 Å². The van der Waals surface area contributed by atoms with Gasteiger partial charge in [0.05, 0.1) is 7.11 Å². The summed E-state index contributed by atoms with van der Waals surface area (Å²) in [4.78, 5) is 0. The van der Waals surface area contributed by atoms with E-state index in [1.165, 1.54) is 11.1 Å². The Labute approximate surface area is 95.9 Å². The molecule has 0 amide bonds. The van der Waals surface area contributed by atoms with Gasteiger partial charge < -0.3 is 10.1 Å². The Morgan fingerprint density at radius 1 is 1.40 bits per heavy atom. The Bertz CT molecular complexity index is 312. The third-order valence-corrected chi connectivity index (χ3v) is 2.29. The highest BCUT2D eigenvalue weighted by Crippen LogP contribution is 2.16. The van der Waals surface area contributed by atoms with Crippen molar-refractivity contribution < 1.29 is 4.74 Å². The van der Waals surface area contributed by atoms with Crippen LogP contribution in [-0.2, 0) is 6.42 Å². The first kappa shape index (κ1) is 12.1. The van der Waals surface area contributed by atoms with Crippen molar-refractivity contribution in [2.24, 2.45) is 0 Å². The summed E-state index contributed by atoms with van der Waals surface area (Å²) in [6.45, 7) is 1.72. The van der Waals surface area contributed by atoms with Crippen molar-refractivity contribution >= 4 is 11.6 Å². The van der Waals surface area contributed by atoms with E-state index in [2.05, 4.69) is 11.4 Å². The fourth-order valence-corrected chi connectivity index (χ4v) is 1.45. The highest BCUT2D eigenvalue weighted by atomic mass is 35.5. The van der Waals surface area contributed by atoms with Crippen molar-refractivity contribution in [3.63, 3.8) is 0 Å². The molecular formula is C12H16ClNO. The van der Waals surface area contributed by atoms with Crippen LogP contribution in [0, 0.1) is 0 Å². The molecule has 0 saturated carbocycles. The normalized spacial score (nSPS) is 10.8. The van der Waals surface area contributed by atoms with Crippen LogP contribution < -0.4 is 10.1 Å². The van der Waals surface area contributed by atoms with Crippen LogP contribution in [0.5, 0.6) is 5.75 Å². The van der Waals surface area contributed by atoms with Crippen LogP contribution in [-0.4, -0.2) is 20.2 Å².